The Morgan fingerprint density at radius 2 is 2.04 bits per heavy atom. The molecule has 1 aliphatic carbocycles. The Kier molecular flexibility index (Phi) is 7.15. The maximum Gasteiger partial charge on any atom is 0.161 e. The lowest BCUT2D eigenvalue weighted by molar-refractivity contribution is -0.907. The molecule has 1 N–H and O–H groups in total. The largest absolute Gasteiger partial charge is 0.349 e. The zero-order chi connectivity index (χ0) is 17.6. The first-order chi connectivity index (χ1) is 12.1. The number of likely N-dealkylation sites (tertiary alicyclic amines) is 1. The van der Waals surface area contributed by atoms with E-state index in [0.717, 1.165) is 19.6 Å². The quantitative estimate of drug-likeness (QED) is 0.742. The lowest BCUT2D eigenvalue weighted by atomic mass is 9.79. The third-order valence-corrected chi connectivity index (χ3v) is 6.21. The Balaban J connectivity index is 1.45. The van der Waals surface area contributed by atoms with Crippen LogP contribution in [0.1, 0.15) is 65.7 Å². The molecule has 3 nitrogen and oxygen atoms in total. The molecule has 4 atom stereocenters. The minimum absolute atomic E-state index is 0.0276. The molecule has 0 aromatic rings. The van der Waals surface area contributed by atoms with Gasteiger partial charge in [0.15, 0.2) is 6.29 Å². The van der Waals surface area contributed by atoms with E-state index < -0.39 is 0 Å². The number of hydrogen-bond donors (Lipinski definition) is 1. The van der Waals surface area contributed by atoms with Gasteiger partial charge in [0.25, 0.3) is 0 Å². The standard InChI is InChI=1S/C22H37NO2/c1-17(2)8-7-9-19-10-11-21(18(3)14-19)22-24-16-20(25-22)15-23-12-5-4-6-13-23/h8,10,18,20-22H,4-7,9,11-16H2,1-3H3/p+1/t18-,20+,21+,22+/m0/s1. The Hall–Kier alpha value is -0.640. The van der Waals surface area contributed by atoms with Gasteiger partial charge >= 0.3 is 0 Å². The summed E-state index contributed by atoms with van der Waals surface area (Å²) in [7, 11) is 0. The average Bonchev–Trinajstić information content (AvgIpc) is 3.04. The van der Waals surface area contributed by atoms with E-state index in [1.807, 2.05) is 0 Å². The molecule has 0 unspecified atom stereocenters. The highest BCUT2D eigenvalue weighted by atomic mass is 16.7. The predicted molar refractivity (Wildman–Crippen MR) is 103 cm³/mol. The SMILES string of the molecule is CC(C)=CCCC1=CC[C@@H]([C@@H]2OC[C@@H](C[NH+]3CCCCC3)O2)[C@@H](C)C1. The van der Waals surface area contributed by atoms with Gasteiger partial charge in [0, 0.05) is 5.92 Å². The number of allylic oxidation sites excluding steroid dienone is 4. The van der Waals surface area contributed by atoms with Gasteiger partial charge in [-0.2, -0.15) is 0 Å². The van der Waals surface area contributed by atoms with Gasteiger partial charge in [-0.25, -0.2) is 0 Å². The van der Waals surface area contributed by atoms with Crippen LogP contribution in [0.25, 0.3) is 0 Å². The van der Waals surface area contributed by atoms with Crippen LogP contribution in [0.5, 0.6) is 0 Å². The summed E-state index contributed by atoms with van der Waals surface area (Å²) in [4.78, 5) is 1.72. The highest BCUT2D eigenvalue weighted by Crippen LogP contribution is 2.36. The average molecular weight is 349 g/mol. The highest BCUT2D eigenvalue weighted by Gasteiger charge is 2.38. The topological polar surface area (TPSA) is 22.9 Å². The van der Waals surface area contributed by atoms with E-state index in [1.54, 1.807) is 10.5 Å². The van der Waals surface area contributed by atoms with Crippen molar-refractivity contribution in [3.63, 3.8) is 0 Å². The van der Waals surface area contributed by atoms with Crippen LogP contribution in [-0.2, 0) is 9.47 Å². The van der Waals surface area contributed by atoms with Crippen LogP contribution in [0.2, 0.25) is 0 Å². The van der Waals surface area contributed by atoms with Crippen molar-refractivity contribution in [2.24, 2.45) is 11.8 Å². The molecule has 0 aromatic carbocycles. The van der Waals surface area contributed by atoms with Crippen molar-refractivity contribution in [2.45, 2.75) is 78.1 Å². The zero-order valence-electron chi connectivity index (χ0n) is 16.6. The molecule has 2 heterocycles. The van der Waals surface area contributed by atoms with Crippen molar-refractivity contribution in [1.29, 1.82) is 0 Å². The summed E-state index contributed by atoms with van der Waals surface area (Å²) < 4.78 is 12.4. The molecular weight excluding hydrogens is 310 g/mol. The molecule has 2 saturated heterocycles. The van der Waals surface area contributed by atoms with Gasteiger partial charge < -0.3 is 14.4 Å². The Labute approximate surface area is 154 Å². The molecule has 0 radical (unpaired) electrons. The molecule has 3 rings (SSSR count). The van der Waals surface area contributed by atoms with Crippen molar-refractivity contribution in [1.82, 2.24) is 0 Å². The van der Waals surface area contributed by atoms with Crippen LogP contribution in [-0.4, -0.2) is 38.6 Å². The zero-order valence-corrected chi connectivity index (χ0v) is 16.6. The van der Waals surface area contributed by atoms with Crippen LogP contribution >= 0.6 is 0 Å². The maximum atomic E-state index is 6.34. The second-order valence-corrected chi connectivity index (χ2v) is 8.74. The van der Waals surface area contributed by atoms with Gasteiger partial charge in [-0.3, -0.25) is 0 Å². The van der Waals surface area contributed by atoms with Gasteiger partial charge in [0.1, 0.15) is 12.6 Å². The van der Waals surface area contributed by atoms with E-state index in [-0.39, 0.29) is 6.29 Å². The first kappa shape index (κ1) is 19.1. The van der Waals surface area contributed by atoms with Gasteiger partial charge in [-0.15, -0.1) is 0 Å². The molecule has 142 valence electrons. The predicted octanol–water partition coefficient (Wildman–Crippen LogP) is 3.52. The first-order valence-corrected chi connectivity index (χ1v) is 10.5. The summed E-state index contributed by atoms with van der Waals surface area (Å²) in [5, 5.41) is 0. The van der Waals surface area contributed by atoms with E-state index in [2.05, 4.69) is 32.9 Å². The molecule has 0 saturated carbocycles. The molecule has 0 amide bonds. The summed E-state index contributed by atoms with van der Waals surface area (Å²) in [6.07, 6.45) is 14.1. The van der Waals surface area contributed by atoms with Gasteiger partial charge in [0.2, 0.25) is 0 Å². The third-order valence-electron chi connectivity index (χ3n) is 6.21. The number of ether oxygens (including phenoxy) is 2. The van der Waals surface area contributed by atoms with Crippen LogP contribution in [0.3, 0.4) is 0 Å². The molecule has 3 aliphatic rings. The maximum absolute atomic E-state index is 6.34. The molecule has 2 fully saturated rings. The summed E-state index contributed by atoms with van der Waals surface area (Å²) >= 11 is 0. The van der Waals surface area contributed by atoms with Crippen LogP contribution in [0, 0.1) is 11.8 Å². The smallest absolute Gasteiger partial charge is 0.161 e. The third kappa shape index (κ3) is 5.67. The first-order valence-electron chi connectivity index (χ1n) is 10.5. The molecule has 3 heteroatoms. The number of quaternary nitrogens is 1. The van der Waals surface area contributed by atoms with Crippen LogP contribution < -0.4 is 4.90 Å². The second kappa shape index (κ2) is 9.34. The van der Waals surface area contributed by atoms with Crippen molar-refractivity contribution < 1.29 is 14.4 Å². The highest BCUT2D eigenvalue weighted by molar-refractivity contribution is 5.10. The number of piperidine rings is 1. The van der Waals surface area contributed by atoms with E-state index in [4.69, 9.17) is 9.47 Å². The molecule has 2 aliphatic heterocycles. The van der Waals surface area contributed by atoms with E-state index in [1.165, 1.54) is 57.2 Å². The van der Waals surface area contributed by atoms with Crippen molar-refractivity contribution in [2.75, 3.05) is 26.2 Å². The lowest BCUT2D eigenvalue weighted by Crippen LogP contribution is -3.13. The molecule has 0 bridgehead atoms. The van der Waals surface area contributed by atoms with E-state index in [0.29, 0.717) is 17.9 Å². The summed E-state index contributed by atoms with van der Waals surface area (Å²) in [5.74, 6) is 1.20. The molecule has 0 spiro atoms. The van der Waals surface area contributed by atoms with Crippen molar-refractivity contribution in [3.05, 3.63) is 23.3 Å². The van der Waals surface area contributed by atoms with Crippen LogP contribution in [0.4, 0.5) is 0 Å². The number of hydrogen-bond acceptors (Lipinski definition) is 2. The fourth-order valence-electron chi connectivity index (χ4n) is 4.69. The molecule has 25 heavy (non-hydrogen) atoms. The number of nitrogens with one attached hydrogen (secondary N) is 1. The Bertz CT molecular complexity index is 474. The molecular formula is C22H38NO2+. The fourth-order valence-corrected chi connectivity index (χ4v) is 4.69. The fraction of sp³-hybridized carbons (Fsp3) is 0.818. The normalized spacial score (nSPS) is 34.0. The minimum atomic E-state index is 0.0276. The monoisotopic (exact) mass is 348 g/mol. The second-order valence-electron chi connectivity index (χ2n) is 8.74. The molecule has 0 aromatic heterocycles. The summed E-state index contributed by atoms with van der Waals surface area (Å²) in [5.41, 5.74) is 3.06. The lowest BCUT2D eigenvalue weighted by Gasteiger charge is -2.32. The van der Waals surface area contributed by atoms with Crippen molar-refractivity contribution >= 4 is 0 Å². The van der Waals surface area contributed by atoms with E-state index in [9.17, 15) is 0 Å². The van der Waals surface area contributed by atoms with E-state index >= 15 is 0 Å². The Morgan fingerprint density at radius 1 is 1.24 bits per heavy atom. The number of rotatable bonds is 6. The van der Waals surface area contributed by atoms with Crippen LogP contribution in [0.15, 0.2) is 23.3 Å². The minimum Gasteiger partial charge on any atom is -0.349 e. The van der Waals surface area contributed by atoms with Crippen molar-refractivity contribution in [3.8, 4) is 0 Å². The summed E-state index contributed by atoms with van der Waals surface area (Å²) in [6, 6.07) is 0. The summed E-state index contributed by atoms with van der Waals surface area (Å²) in [6.45, 7) is 11.3. The van der Waals surface area contributed by atoms with Gasteiger partial charge in [-0.1, -0.05) is 30.2 Å². The van der Waals surface area contributed by atoms with Gasteiger partial charge in [-0.05, 0) is 64.7 Å². The Morgan fingerprint density at radius 3 is 2.76 bits per heavy atom. The van der Waals surface area contributed by atoms with Gasteiger partial charge in [0.05, 0.1) is 19.7 Å².